The number of methoxy groups -OCH3 is 1. The first-order valence-electron chi connectivity index (χ1n) is 6.42. The molecule has 0 saturated carbocycles. The highest BCUT2D eigenvalue weighted by atomic mass is 127. The fraction of sp³-hybridized carbons (Fsp3) is 0.0588. The second-order valence-electron chi connectivity index (χ2n) is 4.41. The Morgan fingerprint density at radius 1 is 1.00 bits per heavy atom. The van der Waals surface area contributed by atoms with Gasteiger partial charge in [0.2, 0.25) is 0 Å². The Bertz CT molecular complexity index is 753. The summed E-state index contributed by atoms with van der Waals surface area (Å²) >= 11 is 3.90. The summed E-state index contributed by atoms with van der Waals surface area (Å²) in [6.45, 7) is 0. The smallest absolute Gasteiger partial charge is 0.164 e. The van der Waals surface area contributed by atoms with Crippen LogP contribution in [0.15, 0.2) is 52.9 Å². The molecule has 0 aliphatic rings. The molecule has 2 heterocycles. The van der Waals surface area contributed by atoms with Crippen molar-refractivity contribution in [2.24, 2.45) is 0 Å². The highest BCUT2D eigenvalue weighted by Gasteiger charge is 2.05. The lowest BCUT2D eigenvalue weighted by atomic mass is 10.2. The van der Waals surface area contributed by atoms with Crippen LogP contribution >= 0.6 is 33.9 Å². The van der Waals surface area contributed by atoms with Gasteiger partial charge in [-0.25, -0.2) is 0 Å². The van der Waals surface area contributed by atoms with Crippen molar-refractivity contribution < 1.29 is 9.15 Å². The quantitative estimate of drug-likeness (QED) is 0.510. The molecule has 0 aliphatic carbocycles. The lowest BCUT2D eigenvalue weighted by Gasteiger charge is -1.98. The summed E-state index contributed by atoms with van der Waals surface area (Å²) in [6, 6.07) is 16.2. The van der Waals surface area contributed by atoms with Crippen molar-refractivity contribution in [3.63, 3.8) is 0 Å². The Balaban J connectivity index is 1.75. The van der Waals surface area contributed by atoms with Crippen LogP contribution < -0.4 is 4.74 Å². The predicted octanol–water partition coefficient (Wildman–Crippen LogP) is 5.79. The molecule has 3 aromatic rings. The summed E-state index contributed by atoms with van der Waals surface area (Å²) in [7, 11) is 1.67. The van der Waals surface area contributed by atoms with Crippen LogP contribution in [0.5, 0.6) is 5.75 Å². The molecule has 0 saturated heterocycles. The van der Waals surface area contributed by atoms with Gasteiger partial charge in [-0.2, -0.15) is 0 Å². The van der Waals surface area contributed by atoms with Gasteiger partial charge in [0.15, 0.2) is 3.77 Å². The monoisotopic (exact) mass is 408 g/mol. The third-order valence-electron chi connectivity index (χ3n) is 3.00. The van der Waals surface area contributed by atoms with Crippen molar-refractivity contribution in [2.75, 3.05) is 7.11 Å². The van der Waals surface area contributed by atoms with Crippen molar-refractivity contribution >= 4 is 46.1 Å². The normalized spacial score (nSPS) is 11.1. The summed E-state index contributed by atoms with van der Waals surface area (Å²) in [5, 5.41) is 0. The molecule has 3 rings (SSSR count). The van der Waals surface area contributed by atoms with Gasteiger partial charge in [-0.1, -0.05) is 18.2 Å². The Hall–Kier alpha value is -1.53. The van der Waals surface area contributed by atoms with E-state index in [1.165, 1.54) is 4.88 Å². The van der Waals surface area contributed by atoms with Crippen molar-refractivity contribution in [3.05, 3.63) is 62.7 Å². The van der Waals surface area contributed by atoms with Crippen LogP contribution in [0.25, 0.3) is 22.8 Å². The first-order valence-corrected chi connectivity index (χ1v) is 8.32. The molecule has 2 nitrogen and oxygen atoms in total. The zero-order valence-corrected chi connectivity index (χ0v) is 14.4. The average Bonchev–Trinajstić information content (AvgIpc) is 3.14. The minimum atomic E-state index is 0.873. The second-order valence-corrected chi connectivity index (χ2v) is 6.59. The largest absolute Gasteiger partial charge is 0.497 e. The summed E-state index contributed by atoms with van der Waals surface area (Å²) < 4.78 is 11.7. The number of thiophene rings is 1. The number of hydrogen-bond acceptors (Lipinski definition) is 3. The first-order chi connectivity index (χ1) is 10.2. The number of hydrogen-bond donors (Lipinski definition) is 0. The minimum absolute atomic E-state index is 0.873. The van der Waals surface area contributed by atoms with E-state index in [1.807, 2.05) is 36.4 Å². The maximum atomic E-state index is 5.63. The van der Waals surface area contributed by atoms with Gasteiger partial charge in [-0.3, -0.25) is 0 Å². The maximum absolute atomic E-state index is 5.63. The second kappa shape index (κ2) is 6.49. The lowest BCUT2D eigenvalue weighted by molar-refractivity contribution is 0.415. The summed E-state index contributed by atoms with van der Waals surface area (Å²) in [6.07, 6.45) is 4.21. The molecule has 0 fully saturated rings. The van der Waals surface area contributed by atoms with Crippen molar-refractivity contribution in [1.29, 1.82) is 0 Å². The van der Waals surface area contributed by atoms with Crippen LogP contribution in [0, 0.1) is 3.77 Å². The fourth-order valence-corrected chi connectivity index (χ4v) is 3.20. The molecule has 1 aromatic carbocycles. The van der Waals surface area contributed by atoms with Crippen LogP contribution in [0.3, 0.4) is 0 Å². The predicted molar refractivity (Wildman–Crippen MR) is 96.7 cm³/mol. The van der Waals surface area contributed by atoms with E-state index in [-0.39, 0.29) is 0 Å². The van der Waals surface area contributed by atoms with E-state index in [4.69, 9.17) is 9.15 Å². The number of benzene rings is 1. The van der Waals surface area contributed by atoms with Crippen molar-refractivity contribution in [1.82, 2.24) is 0 Å². The van der Waals surface area contributed by atoms with Gasteiger partial charge >= 0.3 is 0 Å². The zero-order valence-electron chi connectivity index (χ0n) is 11.4. The van der Waals surface area contributed by atoms with E-state index >= 15 is 0 Å². The number of ether oxygens (including phenoxy) is 1. The van der Waals surface area contributed by atoms with Crippen LogP contribution in [-0.2, 0) is 0 Å². The van der Waals surface area contributed by atoms with Gasteiger partial charge in [0.1, 0.15) is 11.5 Å². The first kappa shape index (κ1) is 14.4. The third-order valence-corrected chi connectivity index (χ3v) is 4.64. The zero-order chi connectivity index (χ0) is 14.7. The molecule has 0 radical (unpaired) electrons. The topological polar surface area (TPSA) is 22.4 Å². The van der Waals surface area contributed by atoms with Gasteiger partial charge in [0.05, 0.1) is 12.0 Å². The summed E-state index contributed by atoms with van der Waals surface area (Å²) in [4.78, 5) is 2.35. The SMILES string of the molecule is COc1ccc(/C=C/c2ccc(-c3ccc(I)o3)s2)cc1. The van der Waals surface area contributed by atoms with Gasteiger partial charge in [-0.15, -0.1) is 11.3 Å². The van der Waals surface area contributed by atoms with E-state index < -0.39 is 0 Å². The molecule has 0 bridgehead atoms. The Labute approximate surface area is 141 Å². The Kier molecular flexibility index (Phi) is 4.45. The minimum Gasteiger partial charge on any atom is -0.497 e. The average molecular weight is 408 g/mol. The molecule has 0 amide bonds. The molecule has 0 atom stereocenters. The summed E-state index contributed by atoms with van der Waals surface area (Å²) in [5.74, 6) is 1.80. The molecule has 4 heteroatoms. The standard InChI is InChI=1S/C17H13IO2S/c1-19-13-5-2-12(3-6-13)4-7-14-8-10-16(21-14)15-9-11-17(18)20-15/h2-11H,1H3/b7-4+. The third kappa shape index (κ3) is 3.57. The molecule has 2 aromatic heterocycles. The highest BCUT2D eigenvalue weighted by molar-refractivity contribution is 14.1. The number of furan rings is 1. The summed E-state index contributed by atoms with van der Waals surface area (Å²) in [5.41, 5.74) is 1.15. The van der Waals surface area contributed by atoms with Crippen LogP contribution in [-0.4, -0.2) is 7.11 Å². The molecule has 0 aliphatic heterocycles. The van der Waals surface area contributed by atoms with E-state index in [1.54, 1.807) is 18.4 Å². The van der Waals surface area contributed by atoms with E-state index in [9.17, 15) is 0 Å². The number of halogens is 1. The van der Waals surface area contributed by atoms with E-state index in [2.05, 4.69) is 46.9 Å². The Morgan fingerprint density at radius 3 is 2.48 bits per heavy atom. The molecular formula is C17H13IO2S. The van der Waals surface area contributed by atoms with E-state index in [0.29, 0.717) is 0 Å². The van der Waals surface area contributed by atoms with Gasteiger partial charge in [0.25, 0.3) is 0 Å². The van der Waals surface area contributed by atoms with Crippen LogP contribution in [0.1, 0.15) is 10.4 Å². The van der Waals surface area contributed by atoms with Gasteiger partial charge in [0, 0.05) is 4.88 Å². The van der Waals surface area contributed by atoms with Crippen molar-refractivity contribution in [2.45, 2.75) is 0 Å². The Morgan fingerprint density at radius 2 is 1.81 bits per heavy atom. The van der Waals surface area contributed by atoms with Gasteiger partial charge < -0.3 is 9.15 Å². The van der Waals surface area contributed by atoms with Crippen LogP contribution in [0.2, 0.25) is 0 Å². The van der Waals surface area contributed by atoms with Gasteiger partial charge in [-0.05, 0) is 70.6 Å². The van der Waals surface area contributed by atoms with Crippen LogP contribution in [0.4, 0.5) is 0 Å². The molecular weight excluding hydrogens is 395 g/mol. The molecule has 21 heavy (non-hydrogen) atoms. The van der Waals surface area contributed by atoms with E-state index in [0.717, 1.165) is 25.7 Å². The molecule has 0 spiro atoms. The number of rotatable bonds is 4. The van der Waals surface area contributed by atoms with Crippen molar-refractivity contribution in [3.8, 4) is 16.4 Å². The molecule has 0 unspecified atom stereocenters. The molecule has 0 N–H and O–H groups in total. The highest BCUT2D eigenvalue weighted by Crippen LogP contribution is 2.31. The maximum Gasteiger partial charge on any atom is 0.164 e. The molecule has 106 valence electrons. The lowest BCUT2D eigenvalue weighted by Crippen LogP contribution is -1.81. The fourth-order valence-electron chi connectivity index (χ4n) is 1.91.